The third-order valence-corrected chi connectivity index (χ3v) is 4.42. The number of hydrogen-bond acceptors (Lipinski definition) is 3. The summed E-state index contributed by atoms with van der Waals surface area (Å²) in [6, 6.07) is 9.76. The maximum atomic E-state index is 12.9. The van der Waals surface area contributed by atoms with Gasteiger partial charge in [-0.15, -0.1) is 0 Å². The molecule has 2 atom stereocenters. The first-order valence-electron chi connectivity index (χ1n) is 8.08. The monoisotopic (exact) mass is 300 g/mol. The highest BCUT2D eigenvalue weighted by Crippen LogP contribution is 2.47. The molecule has 1 aromatic carbocycles. The van der Waals surface area contributed by atoms with E-state index in [2.05, 4.69) is 6.08 Å². The fourth-order valence-corrected chi connectivity index (χ4v) is 3.18. The zero-order valence-corrected chi connectivity index (χ0v) is 13.6. The summed E-state index contributed by atoms with van der Waals surface area (Å²) in [5, 5.41) is 0. The number of carbonyl (C=O) groups excluding carboxylic acids is 1. The Bertz CT molecular complexity index is 582. The fourth-order valence-electron chi connectivity index (χ4n) is 3.18. The Kier molecular flexibility index (Phi) is 3.85. The molecule has 1 fully saturated rings. The molecule has 3 rings (SSSR count). The molecule has 0 saturated carbocycles. The number of cyclic esters (lactones) is 1. The van der Waals surface area contributed by atoms with Crippen LogP contribution >= 0.6 is 0 Å². The summed E-state index contributed by atoms with van der Waals surface area (Å²) < 4.78 is 12.0. The number of benzene rings is 1. The van der Waals surface area contributed by atoms with Gasteiger partial charge in [0.25, 0.3) is 0 Å². The van der Waals surface area contributed by atoms with E-state index < -0.39 is 11.9 Å². The van der Waals surface area contributed by atoms with E-state index in [0.717, 1.165) is 30.4 Å². The van der Waals surface area contributed by atoms with Gasteiger partial charge in [-0.3, -0.25) is 0 Å². The maximum absolute atomic E-state index is 12.9. The number of hydrogen-bond donors (Lipinski definition) is 0. The number of ether oxygens (including phenoxy) is 2. The van der Waals surface area contributed by atoms with E-state index in [9.17, 15) is 4.79 Å². The van der Waals surface area contributed by atoms with Crippen molar-refractivity contribution in [1.82, 2.24) is 0 Å². The summed E-state index contributed by atoms with van der Waals surface area (Å²) in [6.45, 7) is 6.09. The van der Waals surface area contributed by atoms with Crippen LogP contribution in [0, 0.1) is 5.41 Å². The van der Waals surface area contributed by atoms with Crippen LogP contribution in [0.5, 0.6) is 0 Å². The van der Waals surface area contributed by atoms with Crippen molar-refractivity contribution in [2.24, 2.45) is 5.41 Å². The molecule has 1 aliphatic heterocycles. The summed E-state index contributed by atoms with van der Waals surface area (Å²) in [5.41, 5.74) is 0.628. The summed E-state index contributed by atoms with van der Waals surface area (Å²) in [7, 11) is 0. The zero-order valence-electron chi connectivity index (χ0n) is 13.6. The van der Waals surface area contributed by atoms with E-state index in [4.69, 9.17) is 9.47 Å². The largest absolute Gasteiger partial charge is 0.432 e. The van der Waals surface area contributed by atoms with Gasteiger partial charge in [0.15, 0.2) is 0 Å². The Balaban J connectivity index is 2.09. The highest BCUT2D eigenvalue weighted by atomic mass is 16.8. The van der Waals surface area contributed by atoms with E-state index >= 15 is 0 Å². The van der Waals surface area contributed by atoms with Crippen molar-refractivity contribution in [3.05, 3.63) is 47.5 Å². The van der Waals surface area contributed by atoms with Crippen molar-refractivity contribution >= 4 is 5.97 Å². The SMILES string of the molecule is CC(C)(C)[C@@H]1OC(=O)[C@](C2=CCCCC2)(c2ccccc2)O1. The second-order valence-corrected chi connectivity index (χ2v) is 7.24. The van der Waals surface area contributed by atoms with Gasteiger partial charge in [-0.1, -0.05) is 57.2 Å². The molecular weight excluding hydrogens is 276 g/mol. The van der Waals surface area contributed by atoms with Crippen LogP contribution in [-0.4, -0.2) is 12.3 Å². The first-order valence-corrected chi connectivity index (χ1v) is 8.08. The predicted octanol–water partition coefficient (Wildman–Crippen LogP) is 4.33. The molecule has 0 aromatic heterocycles. The van der Waals surface area contributed by atoms with Gasteiger partial charge in [-0.25, -0.2) is 4.79 Å². The Labute approximate surface area is 132 Å². The molecule has 22 heavy (non-hydrogen) atoms. The number of carbonyl (C=O) groups is 1. The van der Waals surface area contributed by atoms with Crippen molar-refractivity contribution in [1.29, 1.82) is 0 Å². The van der Waals surface area contributed by atoms with Gasteiger partial charge in [0.05, 0.1) is 0 Å². The molecule has 1 aromatic rings. The second-order valence-electron chi connectivity index (χ2n) is 7.24. The maximum Gasteiger partial charge on any atom is 0.350 e. The Morgan fingerprint density at radius 2 is 1.86 bits per heavy atom. The zero-order chi connectivity index (χ0) is 15.8. The lowest BCUT2D eigenvalue weighted by molar-refractivity contribution is -0.155. The minimum atomic E-state index is -1.06. The lowest BCUT2D eigenvalue weighted by Crippen LogP contribution is -2.37. The van der Waals surface area contributed by atoms with Crippen LogP contribution in [0.1, 0.15) is 52.0 Å². The highest BCUT2D eigenvalue weighted by molar-refractivity contribution is 5.87. The smallest absolute Gasteiger partial charge is 0.350 e. The number of rotatable bonds is 2. The summed E-state index contributed by atoms with van der Waals surface area (Å²) in [4.78, 5) is 12.9. The van der Waals surface area contributed by atoms with Crippen LogP contribution < -0.4 is 0 Å². The summed E-state index contributed by atoms with van der Waals surface area (Å²) in [6.07, 6.45) is 5.80. The van der Waals surface area contributed by atoms with Crippen molar-refractivity contribution in [3.8, 4) is 0 Å². The summed E-state index contributed by atoms with van der Waals surface area (Å²) in [5.74, 6) is -0.272. The van der Waals surface area contributed by atoms with Crippen molar-refractivity contribution in [3.63, 3.8) is 0 Å². The molecule has 0 spiro atoms. The van der Waals surface area contributed by atoms with Crippen LogP contribution in [0.2, 0.25) is 0 Å². The predicted molar refractivity (Wildman–Crippen MR) is 85.1 cm³/mol. The molecule has 1 heterocycles. The number of esters is 1. The molecule has 118 valence electrons. The van der Waals surface area contributed by atoms with E-state index in [1.165, 1.54) is 6.42 Å². The van der Waals surface area contributed by atoms with Crippen molar-refractivity contribution < 1.29 is 14.3 Å². The molecule has 3 nitrogen and oxygen atoms in total. The normalized spacial score (nSPS) is 29.1. The highest BCUT2D eigenvalue weighted by Gasteiger charge is 2.56. The quantitative estimate of drug-likeness (QED) is 0.602. The van der Waals surface area contributed by atoms with Crippen LogP contribution in [-0.2, 0) is 19.9 Å². The van der Waals surface area contributed by atoms with E-state index in [0.29, 0.717) is 0 Å². The molecule has 3 heteroatoms. The molecule has 0 unspecified atom stereocenters. The fraction of sp³-hybridized carbons (Fsp3) is 0.526. The molecule has 0 bridgehead atoms. The van der Waals surface area contributed by atoms with E-state index in [-0.39, 0.29) is 11.4 Å². The molecule has 1 aliphatic carbocycles. The Morgan fingerprint density at radius 1 is 1.14 bits per heavy atom. The first-order chi connectivity index (χ1) is 10.4. The van der Waals surface area contributed by atoms with Gasteiger partial charge < -0.3 is 9.47 Å². The standard InChI is InChI=1S/C19H24O3/c1-18(2,3)17-21-16(20)19(22-17,14-10-6-4-7-11-14)15-12-8-5-9-13-15/h4,6-7,10-12,17H,5,8-9,13H2,1-3H3/t17-,19-/m1/s1. The van der Waals surface area contributed by atoms with Gasteiger partial charge in [-0.05, 0) is 36.8 Å². The van der Waals surface area contributed by atoms with Gasteiger partial charge in [0, 0.05) is 5.41 Å². The van der Waals surface area contributed by atoms with Crippen LogP contribution in [0.25, 0.3) is 0 Å². The molecule has 0 N–H and O–H groups in total. The third-order valence-electron chi connectivity index (χ3n) is 4.42. The lowest BCUT2D eigenvalue weighted by atomic mass is 9.80. The lowest BCUT2D eigenvalue weighted by Gasteiger charge is -2.32. The molecule has 0 amide bonds. The van der Waals surface area contributed by atoms with Gasteiger partial charge >= 0.3 is 5.97 Å². The Hall–Kier alpha value is -1.61. The minimum Gasteiger partial charge on any atom is -0.432 e. The van der Waals surface area contributed by atoms with Crippen LogP contribution in [0.3, 0.4) is 0 Å². The Morgan fingerprint density at radius 3 is 2.41 bits per heavy atom. The second kappa shape index (κ2) is 5.54. The van der Waals surface area contributed by atoms with E-state index in [1.807, 2.05) is 51.1 Å². The van der Waals surface area contributed by atoms with Gasteiger partial charge in [0.2, 0.25) is 11.9 Å². The molecule has 2 aliphatic rings. The average molecular weight is 300 g/mol. The van der Waals surface area contributed by atoms with Crippen molar-refractivity contribution in [2.45, 2.75) is 58.3 Å². The summed E-state index contributed by atoms with van der Waals surface area (Å²) >= 11 is 0. The average Bonchev–Trinajstić information content (AvgIpc) is 2.88. The molecule has 0 radical (unpaired) electrons. The minimum absolute atomic E-state index is 0.249. The van der Waals surface area contributed by atoms with Crippen molar-refractivity contribution in [2.75, 3.05) is 0 Å². The molecular formula is C19H24O3. The van der Waals surface area contributed by atoms with Crippen LogP contribution in [0.4, 0.5) is 0 Å². The van der Waals surface area contributed by atoms with E-state index in [1.54, 1.807) is 0 Å². The number of allylic oxidation sites excluding steroid dienone is 1. The third kappa shape index (κ3) is 2.48. The van der Waals surface area contributed by atoms with Gasteiger partial charge in [0.1, 0.15) is 0 Å². The topological polar surface area (TPSA) is 35.5 Å². The first kappa shape index (κ1) is 15.3. The van der Waals surface area contributed by atoms with Gasteiger partial charge in [-0.2, -0.15) is 0 Å². The van der Waals surface area contributed by atoms with Crippen LogP contribution in [0.15, 0.2) is 42.0 Å². The molecule has 1 saturated heterocycles.